The molecule has 172 valence electrons. The number of benzene rings is 2. The first-order valence-corrected chi connectivity index (χ1v) is 10.9. The summed E-state index contributed by atoms with van der Waals surface area (Å²) in [6.07, 6.45) is 1.59. The number of hydrogen-bond donors (Lipinski definition) is 3. The van der Waals surface area contributed by atoms with Gasteiger partial charge in [0, 0.05) is 12.1 Å². The molecule has 0 radical (unpaired) electrons. The highest BCUT2D eigenvalue weighted by Gasteiger charge is 2.28. The van der Waals surface area contributed by atoms with Crippen molar-refractivity contribution < 1.29 is 19.4 Å². The van der Waals surface area contributed by atoms with Crippen LogP contribution in [0.5, 0.6) is 11.5 Å². The largest absolute Gasteiger partial charge is 0.507 e. The van der Waals surface area contributed by atoms with E-state index in [-0.39, 0.29) is 25.7 Å². The van der Waals surface area contributed by atoms with E-state index < -0.39 is 6.09 Å². The Morgan fingerprint density at radius 1 is 1.15 bits per heavy atom. The van der Waals surface area contributed by atoms with Crippen LogP contribution in [-0.2, 0) is 18.0 Å². The maximum Gasteiger partial charge on any atom is 0.413 e. The summed E-state index contributed by atoms with van der Waals surface area (Å²) in [4.78, 5) is 16.6. The molecule has 0 saturated carbocycles. The number of pyridine rings is 1. The molecule has 2 aromatic carbocycles. The predicted octanol–water partition coefficient (Wildman–Crippen LogP) is 5.20. The van der Waals surface area contributed by atoms with E-state index in [1.807, 2.05) is 42.5 Å². The molecule has 3 heterocycles. The molecule has 0 aliphatic carbocycles. The van der Waals surface area contributed by atoms with Crippen LogP contribution >= 0.6 is 0 Å². The number of cyclic esters (lactones) is 1. The number of nitrogens with one attached hydrogen (secondary N) is 2. The monoisotopic (exact) mass is 447 g/mol. The third kappa shape index (κ3) is 4.78. The Balaban J connectivity index is 0.00000259. The highest BCUT2D eigenvalue weighted by Crippen LogP contribution is 2.41. The topological polar surface area (TPSA) is 92.7 Å². The van der Waals surface area contributed by atoms with Gasteiger partial charge in [-0.25, -0.2) is 9.78 Å². The quantitative estimate of drug-likeness (QED) is 0.498. The van der Waals surface area contributed by atoms with Crippen LogP contribution in [0.15, 0.2) is 54.6 Å². The van der Waals surface area contributed by atoms with Crippen LogP contribution in [0.4, 0.5) is 10.6 Å². The second kappa shape index (κ2) is 9.92. The average molecular weight is 448 g/mol. The molecule has 2 aliphatic rings. The second-order valence-electron chi connectivity index (χ2n) is 8.09. The number of hydrogen-bond acceptors (Lipinski definition) is 6. The van der Waals surface area contributed by atoms with Crippen molar-refractivity contribution >= 4 is 11.9 Å². The molecule has 2 aliphatic heterocycles. The molecule has 1 fully saturated rings. The van der Waals surface area contributed by atoms with Crippen molar-refractivity contribution in [1.82, 2.24) is 10.3 Å². The van der Waals surface area contributed by atoms with Crippen LogP contribution in [0.25, 0.3) is 11.3 Å². The van der Waals surface area contributed by atoms with Gasteiger partial charge in [0.2, 0.25) is 0 Å². The number of carbonyl (C=O) groups is 1. The molecule has 5 rings (SSSR count). The molecule has 1 saturated heterocycles. The van der Waals surface area contributed by atoms with Crippen LogP contribution in [0.3, 0.4) is 0 Å². The highest BCUT2D eigenvalue weighted by atomic mass is 16.5. The molecule has 3 N–H and O–H groups in total. The maximum absolute atomic E-state index is 11.9. The van der Waals surface area contributed by atoms with E-state index in [4.69, 9.17) is 14.5 Å². The molecule has 3 aromatic rings. The van der Waals surface area contributed by atoms with E-state index >= 15 is 0 Å². The van der Waals surface area contributed by atoms with E-state index in [9.17, 15) is 9.90 Å². The van der Waals surface area contributed by atoms with E-state index in [0.29, 0.717) is 29.4 Å². The van der Waals surface area contributed by atoms with Crippen molar-refractivity contribution in [2.45, 2.75) is 39.4 Å². The molecule has 33 heavy (non-hydrogen) atoms. The Hall–Kier alpha value is -3.58. The van der Waals surface area contributed by atoms with Gasteiger partial charge in [-0.1, -0.05) is 43.8 Å². The number of carbonyl (C=O) groups excluding carboxylic acids is 1. The zero-order valence-corrected chi connectivity index (χ0v) is 17.6. The smallest absolute Gasteiger partial charge is 0.413 e. The Morgan fingerprint density at radius 2 is 2.00 bits per heavy atom. The van der Waals surface area contributed by atoms with Gasteiger partial charge in [0.25, 0.3) is 0 Å². The molecular weight excluding hydrogens is 418 g/mol. The van der Waals surface area contributed by atoms with Gasteiger partial charge in [-0.3, -0.25) is 5.32 Å². The molecule has 7 heteroatoms. The summed E-state index contributed by atoms with van der Waals surface area (Å²) < 4.78 is 11.3. The minimum absolute atomic E-state index is 0. The number of piperidine rings is 1. The number of fused-ring (bicyclic) bond motifs is 1. The van der Waals surface area contributed by atoms with Gasteiger partial charge in [-0.2, -0.15) is 0 Å². The standard InChI is InChI=1S/C25H25N3O4.CH4/c29-21-9-4-10-22(31-14-16-6-2-1-3-7-16)23(21)20-12-18(17-8-5-11-26-13-17)19-15-32-25(30)28-24(19)27-20;/h1-4,6-7,9-10,12,17,26,29H,5,8,11,13-15H2,(H,27,28,30);1H4. The van der Waals surface area contributed by atoms with Crippen molar-refractivity contribution in [2.24, 2.45) is 0 Å². The number of amides is 1. The Labute approximate surface area is 193 Å². The van der Waals surface area contributed by atoms with Crippen LogP contribution in [0.2, 0.25) is 0 Å². The molecular formula is C26H29N3O4. The number of phenols is 1. The number of ether oxygens (including phenoxy) is 2. The lowest BCUT2D eigenvalue weighted by molar-refractivity contribution is 0.150. The fourth-order valence-electron chi connectivity index (χ4n) is 4.36. The van der Waals surface area contributed by atoms with Gasteiger partial charge in [0.15, 0.2) is 0 Å². The SMILES string of the molecule is C.O=C1Nc2nc(-c3c(O)cccc3OCc3ccccc3)cc(C3CCCNC3)c2CO1. The van der Waals surface area contributed by atoms with Crippen LogP contribution in [0.1, 0.15) is 42.9 Å². The lowest BCUT2D eigenvalue weighted by Gasteiger charge is -2.28. The van der Waals surface area contributed by atoms with Gasteiger partial charge in [-0.15, -0.1) is 0 Å². The first kappa shape index (κ1) is 22.6. The average Bonchev–Trinajstić information content (AvgIpc) is 2.83. The maximum atomic E-state index is 11.9. The molecule has 7 nitrogen and oxygen atoms in total. The zero-order valence-electron chi connectivity index (χ0n) is 17.6. The lowest BCUT2D eigenvalue weighted by Crippen LogP contribution is -2.30. The molecule has 1 amide bonds. The van der Waals surface area contributed by atoms with Crippen molar-refractivity contribution in [2.75, 3.05) is 18.4 Å². The van der Waals surface area contributed by atoms with Gasteiger partial charge in [-0.05, 0) is 54.6 Å². The number of anilines is 1. The number of aromatic nitrogens is 1. The van der Waals surface area contributed by atoms with E-state index in [1.165, 1.54) is 0 Å². The van der Waals surface area contributed by atoms with Crippen molar-refractivity contribution in [1.29, 1.82) is 0 Å². The summed E-state index contributed by atoms with van der Waals surface area (Å²) in [5, 5.41) is 16.9. The summed E-state index contributed by atoms with van der Waals surface area (Å²) >= 11 is 0. The number of aromatic hydroxyl groups is 1. The Kier molecular flexibility index (Phi) is 6.79. The van der Waals surface area contributed by atoms with Gasteiger partial charge < -0.3 is 19.9 Å². The van der Waals surface area contributed by atoms with Crippen LogP contribution in [0, 0.1) is 0 Å². The van der Waals surface area contributed by atoms with E-state index in [2.05, 4.69) is 10.6 Å². The highest BCUT2D eigenvalue weighted by molar-refractivity contribution is 5.88. The lowest BCUT2D eigenvalue weighted by atomic mass is 9.87. The summed E-state index contributed by atoms with van der Waals surface area (Å²) in [6, 6.07) is 17.1. The summed E-state index contributed by atoms with van der Waals surface area (Å²) in [5.41, 5.74) is 4.07. The summed E-state index contributed by atoms with van der Waals surface area (Å²) in [6.45, 7) is 2.41. The number of rotatable bonds is 5. The summed E-state index contributed by atoms with van der Waals surface area (Å²) in [5.74, 6) is 1.37. The van der Waals surface area contributed by atoms with Gasteiger partial charge >= 0.3 is 6.09 Å². The van der Waals surface area contributed by atoms with E-state index in [0.717, 1.165) is 42.6 Å². The number of phenolic OH excluding ortho intramolecular Hbond substituents is 1. The molecule has 1 unspecified atom stereocenters. The summed E-state index contributed by atoms with van der Waals surface area (Å²) in [7, 11) is 0. The zero-order chi connectivity index (χ0) is 21.9. The molecule has 1 atom stereocenters. The van der Waals surface area contributed by atoms with Crippen LogP contribution < -0.4 is 15.4 Å². The fraction of sp³-hybridized carbons (Fsp3) is 0.308. The second-order valence-corrected chi connectivity index (χ2v) is 8.09. The molecule has 1 aromatic heterocycles. The van der Waals surface area contributed by atoms with Crippen LogP contribution in [-0.4, -0.2) is 29.3 Å². The van der Waals surface area contributed by atoms with Gasteiger partial charge in [0.1, 0.15) is 30.5 Å². The van der Waals surface area contributed by atoms with Crippen molar-refractivity contribution in [3.05, 3.63) is 71.3 Å². The first-order chi connectivity index (χ1) is 15.7. The Bertz CT molecular complexity index is 1130. The molecule has 0 spiro atoms. The minimum Gasteiger partial charge on any atom is -0.507 e. The van der Waals surface area contributed by atoms with E-state index in [1.54, 1.807) is 12.1 Å². The van der Waals surface area contributed by atoms with Gasteiger partial charge in [0.05, 0.1) is 11.3 Å². The fourth-order valence-corrected chi connectivity index (χ4v) is 4.36. The third-order valence-corrected chi connectivity index (χ3v) is 5.96. The normalized spacial score (nSPS) is 17.2. The number of nitrogens with zero attached hydrogens (tertiary/aromatic N) is 1. The minimum atomic E-state index is -0.521. The van der Waals surface area contributed by atoms with Crippen molar-refractivity contribution in [3.8, 4) is 22.8 Å². The van der Waals surface area contributed by atoms with Crippen molar-refractivity contribution in [3.63, 3.8) is 0 Å². The third-order valence-electron chi connectivity index (χ3n) is 5.96. The Morgan fingerprint density at radius 3 is 2.79 bits per heavy atom. The predicted molar refractivity (Wildman–Crippen MR) is 127 cm³/mol. The first-order valence-electron chi connectivity index (χ1n) is 10.9. The molecule has 0 bridgehead atoms.